The Hall–Kier alpha value is -3.76. The first-order valence-electron chi connectivity index (χ1n) is 8.50. The molecule has 2 N–H and O–H groups in total. The van der Waals surface area contributed by atoms with Crippen molar-refractivity contribution in [1.82, 2.24) is 14.9 Å². The molecule has 3 heterocycles. The van der Waals surface area contributed by atoms with E-state index >= 15 is 0 Å². The second-order valence-corrected chi connectivity index (χ2v) is 6.53. The minimum Gasteiger partial charge on any atom is -0.443 e. The highest BCUT2D eigenvalue weighted by atomic mass is 19.4. The number of amides is 1. The number of oxazole rings is 1. The molecule has 0 saturated heterocycles. The maximum absolute atomic E-state index is 14.4. The summed E-state index contributed by atoms with van der Waals surface area (Å²) in [6.45, 7) is 0. The van der Waals surface area contributed by atoms with Crippen molar-refractivity contribution in [3.63, 3.8) is 0 Å². The van der Waals surface area contributed by atoms with Crippen LogP contribution in [0.25, 0.3) is 11.3 Å². The third-order valence-corrected chi connectivity index (χ3v) is 4.78. The molecule has 154 valence electrons. The van der Waals surface area contributed by atoms with Crippen LogP contribution >= 0.6 is 0 Å². The lowest BCUT2D eigenvalue weighted by atomic mass is 9.84. The van der Waals surface area contributed by atoms with Crippen LogP contribution in [0.3, 0.4) is 0 Å². The molecular formula is C19H13F4N5O2. The van der Waals surface area contributed by atoms with E-state index in [0.717, 1.165) is 35.7 Å². The number of likely N-dealkylation sites (N-methyl/N-ethyl adjacent to an activating group) is 1. The van der Waals surface area contributed by atoms with Gasteiger partial charge in [-0.25, -0.2) is 14.4 Å². The molecule has 0 bridgehead atoms. The number of nitrogens with two attached hydrogens (primary N) is 1. The number of guanidine groups is 1. The lowest BCUT2D eigenvalue weighted by Crippen LogP contribution is -2.41. The van der Waals surface area contributed by atoms with Crippen LogP contribution in [0.1, 0.15) is 16.8 Å². The first-order chi connectivity index (χ1) is 14.1. The Balaban J connectivity index is 1.99. The number of benzene rings is 1. The Morgan fingerprint density at radius 3 is 2.57 bits per heavy atom. The van der Waals surface area contributed by atoms with Crippen molar-refractivity contribution in [2.24, 2.45) is 10.7 Å². The van der Waals surface area contributed by atoms with E-state index in [0.29, 0.717) is 0 Å². The summed E-state index contributed by atoms with van der Waals surface area (Å²) in [5.41, 5.74) is 2.49. The third-order valence-electron chi connectivity index (χ3n) is 4.78. The Kier molecular flexibility index (Phi) is 4.33. The number of hydrogen-bond acceptors (Lipinski definition) is 6. The summed E-state index contributed by atoms with van der Waals surface area (Å²) in [4.78, 5) is 26.0. The number of alkyl halides is 3. The maximum atomic E-state index is 14.4. The number of rotatable bonds is 3. The molecule has 0 saturated carbocycles. The largest absolute Gasteiger partial charge is 0.443 e. The number of aromatic nitrogens is 2. The van der Waals surface area contributed by atoms with Crippen molar-refractivity contribution >= 4 is 11.9 Å². The monoisotopic (exact) mass is 419 g/mol. The first kappa shape index (κ1) is 19.6. The van der Waals surface area contributed by atoms with Gasteiger partial charge in [-0.1, -0.05) is 6.07 Å². The van der Waals surface area contributed by atoms with Gasteiger partial charge in [-0.15, -0.1) is 0 Å². The SMILES string of the molecule is CN1C(=O)C(c2ccc(F)c(-c3cnco3)c2)(c2cc(C(F)(F)F)ccn2)N=C1N. The smallest absolute Gasteiger partial charge is 0.416 e. The average Bonchev–Trinajstić information content (AvgIpc) is 3.32. The Labute approximate surface area is 166 Å². The van der Waals surface area contributed by atoms with E-state index in [9.17, 15) is 22.4 Å². The Morgan fingerprint density at radius 1 is 1.20 bits per heavy atom. The topological polar surface area (TPSA) is 97.6 Å². The molecule has 0 spiro atoms. The van der Waals surface area contributed by atoms with E-state index in [2.05, 4.69) is 15.0 Å². The molecule has 1 unspecified atom stereocenters. The van der Waals surface area contributed by atoms with E-state index in [1.54, 1.807) is 0 Å². The molecule has 7 nitrogen and oxygen atoms in total. The van der Waals surface area contributed by atoms with Gasteiger partial charge >= 0.3 is 6.18 Å². The molecule has 0 radical (unpaired) electrons. The van der Waals surface area contributed by atoms with Gasteiger partial charge in [0.25, 0.3) is 5.91 Å². The van der Waals surface area contributed by atoms with Crippen LogP contribution in [-0.2, 0) is 16.5 Å². The number of nitrogens with zero attached hydrogens (tertiary/aromatic N) is 4. The van der Waals surface area contributed by atoms with Gasteiger partial charge in [-0.05, 0) is 29.8 Å². The number of hydrogen-bond donors (Lipinski definition) is 1. The number of carbonyl (C=O) groups is 1. The Bertz CT molecular complexity index is 1160. The van der Waals surface area contributed by atoms with Gasteiger partial charge < -0.3 is 10.2 Å². The summed E-state index contributed by atoms with van der Waals surface area (Å²) < 4.78 is 59.4. The van der Waals surface area contributed by atoms with Crippen LogP contribution in [0, 0.1) is 5.82 Å². The first-order valence-corrected chi connectivity index (χ1v) is 8.50. The predicted molar refractivity (Wildman–Crippen MR) is 96.3 cm³/mol. The van der Waals surface area contributed by atoms with Crippen molar-refractivity contribution < 1.29 is 26.8 Å². The van der Waals surface area contributed by atoms with E-state index in [1.165, 1.54) is 25.4 Å². The second kappa shape index (κ2) is 6.65. The molecule has 1 aliphatic rings. The number of halogens is 4. The lowest BCUT2D eigenvalue weighted by Gasteiger charge is -2.26. The fourth-order valence-corrected chi connectivity index (χ4v) is 3.24. The van der Waals surface area contributed by atoms with Crippen LogP contribution < -0.4 is 5.73 Å². The van der Waals surface area contributed by atoms with E-state index in [1.807, 2.05) is 0 Å². The van der Waals surface area contributed by atoms with Crippen molar-refractivity contribution in [2.75, 3.05) is 7.05 Å². The molecule has 30 heavy (non-hydrogen) atoms. The zero-order valence-corrected chi connectivity index (χ0v) is 15.3. The van der Waals surface area contributed by atoms with Crippen LogP contribution in [0.2, 0.25) is 0 Å². The number of carbonyl (C=O) groups excluding carboxylic acids is 1. The molecular weight excluding hydrogens is 406 g/mol. The number of pyridine rings is 1. The summed E-state index contributed by atoms with van der Waals surface area (Å²) >= 11 is 0. The quantitative estimate of drug-likeness (QED) is 0.659. The third kappa shape index (κ3) is 2.90. The number of aliphatic imine (C=N–C) groups is 1. The van der Waals surface area contributed by atoms with Crippen LogP contribution in [0.15, 0.2) is 58.5 Å². The molecule has 1 amide bonds. The minimum absolute atomic E-state index is 0.0486. The van der Waals surface area contributed by atoms with Gasteiger partial charge in [0.15, 0.2) is 18.1 Å². The highest BCUT2D eigenvalue weighted by molar-refractivity contribution is 6.08. The van der Waals surface area contributed by atoms with Gasteiger partial charge in [0, 0.05) is 13.2 Å². The molecule has 1 aliphatic heterocycles. The van der Waals surface area contributed by atoms with Crippen molar-refractivity contribution in [3.8, 4) is 11.3 Å². The predicted octanol–water partition coefficient (Wildman–Crippen LogP) is 2.92. The summed E-state index contributed by atoms with van der Waals surface area (Å²) in [5.74, 6) is -1.57. The van der Waals surface area contributed by atoms with Crippen molar-refractivity contribution in [1.29, 1.82) is 0 Å². The molecule has 1 aromatic carbocycles. The zero-order valence-electron chi connectivity index (χ0n) is 15.3. The highest BCUT2D eigenvalue weighted by Gasteiger charge is 2.51. The van der Waals surface area contributed by atoms with Crippen LogP contribution in [-0.4, -0.2) is 33.8 Å². The molecule has 3 aromatic rings. The molecule has 11 heteroatoms. The molecule has 2 aromatic heterocycles. The summed E-state index contributed by atoms with van der Waals surface area (Å²) in [6.07, 6.45) is -1.39. The van der Waals surface area contributed by atoms with E-state index in [4.69, 9.17) is 10.2 Å². The summed E-state index contributed by atoms with van der Waals surface area (Å²) in [6, 6.07) is 5.06. The van der Waals surface area contributed by atoms with Crippen molar-refractivity contribution in [2.45, 2.75) is 11.7 Å². The van der Waals surface area contributed by atoms with E-state index in [-0.39, 0.29) is 28.5 Å². The zero-order chi connectivity index (χ0) is 21.7. The van der Waals surface area contributed by atoms with Gasteiger partial charge in [0.05, 0.1) is 23.0 Å². The van der Waals surface area contributed by atoms with Gasteiger partial charge in [-0.2, -0.15) is 13.2 Å². The minimum atomic E-state index is -4.67. The maximum Gasteiger partial charge on any atom is 0.416 e. The Morgan fingerprint density at radius 2 is 1.97 bits per heavy atom. The molecule has 0 fully saturated rings. The molecule has 0 aliphatic carbocycles. The summed E-state index contributed by atoms with van der Waals surface area (Å²) in [7, 11) is 1.33. The van der Waals surface area contributed by atoms with Crippen LogP contribution in [0.4, 0.5) is 17.6 Å². The standard InChI is InChI=1S/C19H13F4N5O2/c1-28-16(29)18(27-17(28)24,15-7-11(4-5-26-15)19(21,22)23)10-2-3-13(20)12(6-10)14-8-25-9-30-14/h2-9H,1H3,(H2,24,27). The summed E-state index contributed by atoms with van der Waals surface area (Å²) in [5, 5.41) is 0. The van der Waals surface area contributed by atoms with Gasteiger partial charge in [-0.3, -0.25) is 14.7 Å². The highest BCUT2D eigenvalue weighted by Crippen LogP contribution is 2.41. The van der Waals surface area contributed by atoms with E-state index < -0.39 is 29.0 Å². The molecule has 4 rings (SSSR count). The van der Waals surface area contributed by atoms with Crippen molar-refractivity contribution in [3.05, 3.63) is 71.8 Å². The average molecular weight is 419 g/mol. The van der Waals surface area contributed by atoms with Crippen LogP contribution in [0.5, 0.6) is 0 Å². The van der Waals surface area contributed by atoms with Gasteiger partial charge in [0.1, 0.15) is 5.82 Å². The lowest BCUT2D eigenvalue weighted by molar-refractivity contribution is -0.138. The fraction of sp³-hybridized carbons (Fsp3) is 0.158. The second-order valence-electron chi connectivity index (χ2n) is 6.53. The molecule has 1 atom stereocenters. The van der Waals surface area contributed by atoms with Gasteiger partial charge in [0.2, 0.25) is 5.54 Å². The normalized spacial score (nSPS) is 19.3. The fourth-order valence-electron chi connectivity index (χ4n) is 3.24.